The van der Waals surface area contributed by atoms with Gasteiger partial charge in [0.2, 0.25) is 5.91 Å². The highest BCUT2D eigenvalue weighted by Gasteiger charge is 2.62. The van der Waals surface area contributed by atoms with E-state index in [2.05, 4.69) is 0 Å². The maximum atomic E-state index is 12.3. The predicted molar refractivity (Wildman–Crippen MR) is 86.6 cm³/mol. The molecule has 2 aliphatic heterocycles. The van der Waals surface area contributed by atoms with Crippen LogP contribution in [0.1, 0.15) is 5.56 Å². The second-order valence-corrected chi connectivity index (χ2v) is 7.08. The Balaban J connectivity index is 1.80. The Bertz CT molecular complexity index is 897. The number of carbonyl (C=O) groups is 3. The van der Waals surface area contributed by atoms with Crippen molar-refractivity contribution < 1.29 is 32.1 Å². The summed E-state index contributed by atoms with van der Waals surface area (Å²) in [5, 5.41) is 0. The summed E-state index contributed by atoms with van der Waals surface area (Å²) < 4.78 is 37.3. The molecule has 1 aromatic rings. The lowest BCUT2D eigenvalue weighted by molar-refractivity contribution is -0.143. The van der Waals surface area contributed by atoms with Gasteiger partial charge in [0.25, 0.3) is 5.91 Å². The van der Waals surface area contributed by atoms with Gasteiger partial charge in [0.15, 0.2) is 0 Å². The lowest BCUT2D eigenvalue weighted by Gasteiger charge is -2.42. The molecule has 2 heterocycles. The Morgan fingerprint density at radius 2 is 1.92 bits per heavy atom. The van der Waals surface area contributed by atoms with Gasteiger partial charge in [-0.15, -0.1) is 0 Å². The number of primary amides is 1. The lowest BCUT2D eigenvalue weighted by Crippen LogP contribution is -2.68. The monoisotopic (exact) mass is 381 g/mol. The van der Waals surface area contributed by atoms with Crippen LogP contribution in [0.3, 0.4) is 0 Å². The molecule has 2 fully saturated rings. The molecule has 3 N–H and O–H groups in total. The van der Waals surface area contributed by atoms with Gasteiger partial charge in [0.1, 0.15) is 18.7 Å². The Morgan fingerprint density at radius 3 is 2.50 bits per heavy atom. The van der Waals surface area contributed by atoms with Crippen molar-refractivity contribution in [1.82, 2.24) is 9.21 Å². The minimum atomic E-state index is -4.83. The molecule has 0 bridgehead atoms. The number of β-lactam (4-membered cyclic amide) rings is 1. The van der Waals surface area contributed by atoms with Gasteiger partial charge in [-0.3, -0.25) is 19.0 Å². The maximum Gasteiger partial charge on any atom is 0.411 e. The minimum absolute atomic E-state index is 0.0430. The molecule has 0 aromatic heterocycles. The van der Waals surface area contributed by atoms with E-state index in [1.54, 1.807) is 30.3 Å². The summed E-state index contributed by atoms with van der Waals surface area (Å²) >= 11 is 0. The average molecular weight is 381 g/mol. The van der Waals surface area contributed by atoms with E-state index in [9.17, 15) is 27.4 Å². The van der Waals surface area contributed by atoms with Crippen molar-refractivity contribution in [3.8, 4) is 0 Å². The Kier molecular flexibility index (Phi) is 4.42. The maximum absolute atomic E-state index is 12.3. The Labute approximate surface area is 148 Å². The highest BCUT2D eigenvalue weighted by atomic mass is 32.2. The second kappa shape index (κ2) is 6.42. The molecular formula is C15H15N3O7S. The largest absolute Gasteiger partial charge is 0.445 e. The predicted octanol–water partition coefficient (Wildman–Crippen LogP) is -0.567. The van der Waals surface area contributed by atoms with Gasteiger partial charge in [-0.1, -0.05) is 30.3 Å². The molecule has 1 aromatic carbocycles. The zero-order chi connectivity index (χ0) is 19.1. The van der Waals surface area contributed by atoms with E-state index in [0.717, 1.165) is 16.5 Å². The van der Waals surface area contributed by atoms with E-state index < -0.39 is 40.3 Å². The van der Waals surface area contributed by atoms with Crippen LogP contribution in [0.2, 0.25) is 0 Å². The quantitative estimate of drug-likeness (QED) is 0.403. The van der Waals surface area contributed by atoms with Crippen LogP contribution in [0, 0.1) is 0 Å². The van der Waals surface area contributed by atoms with Crippen LogP contribution in [0.5, 0.6) is 0 Å². The van der Waals surface area contributed by atoms with Crippen molar-refractivity contribution in [3.05, 3.63) is 47.5 Å². The fourth-order valence-corrected chi connectivity index (χ4v) is 3.92. The van der Waals surface area contributed by atoms with E-state index in [1.165, 1.54) is 0 Å². The molecule has 138 valence electrons. The van der Waals surface area contributed by atoms with Crippen molar-refractivity contribution in [2.75, 3.05) is 6.54 Å². The smallest absolute Gasteiger partial charge is 0.411 e. The highest BCUT2D eigenvalue weighted by Crippen LogP contribution is 2.39. The van der Waals surface area contributed by atoms with E-state index >= 15 is 0 Å². The van der Waals surface area contributed by atoms with Crippen LogP contribution < -0.4 is 5.73 Å². The molecule has 2 saturated heterocycles. The number of nitrogens with zero attached hydrogens (tertiary/aromatic N) is 2. The summed E-state index contributed by atoms with van der Waals surface area (Å²) in [6.07, 6.45) is 0.0901. The van der Waals surface area contributed by atoms with E-state index in [-0.39, 0.29) is 23.0 Å². The van der Waals surface area contributed by atoms with Gasteiger partial charge in [-0.2, -0.15) is 8.42 Å². The molecule has 10 nitrogen and oxygen atoms in total. The van der Waals surface area contributed by atoms with E-state index in [0.29, 0.717) is 0 Å². The summed E-state index contributed by atoms with van der Waals surface area (Å²) in [5.74, 6) is -1.85. The van der Waals surface area contributed by atoms with Crippen molar-refractivity contribution in [1.29, 1.82) is 0 Å². The number of ether oxygens (including phenoxy) is 1. The Morgan fingerprint density at radius 1 is 1.27 bits per heavy atom. The highest BCUT2D eigenvalue weighted by molar-refractivity contribution is 7.84. The molecule has 0 radical (unpaired) electrons. The number of fused-ring (bicyclic) bond motifs is 1. The van der Waals surface area contributed by atoms with Crippen molar-refractivity contribution in [2.45, 2.75) is 18.7 Å². The van der Waals surface area contributed by atoms with Gasteiger partial charge in [-0.05, 0) is 11.1 Å². The van der Waals surface area contributed by atoms with E-state index in [4.69, 9.17) is 10.5 Å². The minimum Gasteiger partial charge on any atom is -0.445 e. The number of hydrogen-bond acceptors (Lipinski definition) is 6. The summed E-state index contributed by atoms with van der Waals surface area (Å²) in [4.78, 5) is 36.6. The number of likely N-dealkylation sites (tertiary alicyclic amines) is 1. The summed E-state index contributed by atoms with van der Waals surface area (Å²) in [5.41, 5.74) is 5.93. The lowest BCUT2D eigenvalue weighted by atomic mass is 9.96. The summed E-state index contributed by atoms with van der Waals surface area (Å²) in [6, 6.07) is 6.47. The van der Waals surface area contributed by atoms with Crippen molar-refractivity contribution >= 4 is 28.2 Å². The van der Waals surface area contributed by atoms with Gasteiger partial charge >= 0.3 is 16.4 Å². The van der Waals surface area contributed by atoms with Gasteiger partial charge in [-0.25, -0.2) is 9.10 Å². The topological polar surface area (TPSA) is 147 Å². The third kappa shape index (κ3) is 3.13. The second-order valence-electron chi connectivity index (χ2n) is 5.79. The van der Waals surface area contributed by atoms with Gasteiger partial charge < -0.3 is 10.5 Å². The van der Waals surface area contributed by atoms with Crippen molar-refractivity contribution in [3.63, 3.8) is 0 Å². The molecule has 0 unspecified atom stereocenters. The number of hydrogen-bond donors (Lipinski definition) is 2. The van der Waals surface area contributed by atoms with Gasteiger partial charge in [0, 0.05) is 12.6 Å². The molecule has 3 rings (SSSR count). The molecule has 2 atom stereocenters. The molecule has 0 aliphatic carbocycles. The summed E-state index contributed by atoms with van der Waals surface area (Å²) in [7, 11) is -4.83. The zero-order valence-corrected chi connectivity index (χ0v) is 14.1. The number of nitrogens with two attached hydrogens (primary N) is 1. The molecule has 11 heteroatoms. The average Bonchev–Trinajstić information content (AvgIpc) is 2.85. The molecule has 3 amide bonds. The van der Waals surface area contributed by atoms with E-state index in [1.807, 2.05) is 0 Å². The van der Waals surface area contributed by atoms with Crippen LogP contribution in [0.25, 0.3) is 0 Å². The fraction of sp³-hybridized carbons (Fsp3) is 0.267. The fourth-order valence-electron chi connectivity index (χ4n) is 3.05. The number of carbonyl (C=O) groups excluding carboxylic acids is 3. The summed E-state index contributed by atoms with van der Waals surface area (Å²) in [6.45, 7) is -0.262. The van der Waals surface area contributed by atoms with Gasteiger partial charge in [0.05, 0.1) is 0 Å². The van der Waals surface area contributed by atoms with Crippen molar-refractivity contribution in [2.24, 2.45) is 5.73 Å². The SMILES string of the molecule is NC(=O)C=C1CN(C(=O)OCc2ccccc2)[C@@H]2C(=O)N(S(=O)(=O)O)[C@H]12. The standard InChI is InChI=1S/C15H15N3O7S/c16-11(19)6-10-7-17(13-12(10)18(14(13)20)26(22,23)24)15(21)25-8-9-4-2-1-3-5-9/h1-6,12-13H,7-8H2,(H2,16,19)(H,22,23,24)/t12-,13+/m1/s1. The molecule has 2 aliphatic rings. The first kappa shape index (κ1) is 17.9. The first-order chi connectivity index (χ1) is 12.2. The zero-order valence-electron chi connectivity index (χ0n) is 13.3. The first-order valence-corrected chi connectivity index (χ1v) is 8.87. The normalized spacial score (nSPS) is 23.6. The molecule has 0 spiro atoms. The third-order valence-corrected chi connectivity index (χ3v) is 5.01. The van der Waals surface area contributed by atoms with Crippen LogP contribution in [0.4, 0.5) is 4.79 Å². The Hall–Kier alpha value is -2.92. The number of benzene rings is 1. The number of amides is 3. The van der Waals surface area contributed by atoms with Crippen LogP contribution >= 0.6 is 0 Å². The van der Waals surface area contributed by atoms with Crippen LogP contribution in [-0.4, -0.2) is 58.7 Å². The molecule has 0 saturated carbocycles. The molecular weight excluding hydrogens is 366 g/mol. The first-order valence-electron chi connectivity index (χ1n) is 7.48. The van der Waals surface area contributed by atoms with Crippen LogP contribution in [-0.2, 0) is 31.2 Å². The van der Waals surface area contributed by atoms with Crippen LogP contribution in [0.15, 0.2) is 42.0 Å². The number of rotatable bonds is 4. The third-order valence-electron chi connectivity index (χ3n) is 4.11. The molecule has 26 heavy (non-hydrogen) atoms.